The van der Waals surface area contributed by atoms with Crippen molar-refractivity contribution < 1.29 is 18.0 Å². The van der Waals surface area contributed by atoms with E-state index in [1.807, 2.05) is 26.0 Å². The third kappa shape index (κ3) is 7.38. The first-order chi connectivity index (χ1) is 16.7. The molecule has 0 radical (unpaired) electrons. The first kappa shape index (κ1) is 27.8. The van der Waals surface area contributed by atoms with Gasteiger partial charge in [0.15, 0.2) is 0 Å². The highest BCUT2D eigenvalue weighted by Gasteiger charge is 2.39. The fourth-order valence-electron chi connectivity index (χ4n) is 3.22. The molecule has 0 N–H and O–H groups in total. The van der Waals surface area contributed by atoms with Crippen LogP contribution in [-0.2, 0) is 9.05 Å². The fraction of sp³-hybridized carbons (Fsp3) is 0.357. The summed E-state index contributed by atoms with van der Waals surface area (Å²) in [4.78, 5) is 0. The maximum Gasteiger partial charge on any atom is 0.397 e. The second-order valence-electron chi connectivity index (χ2n) is 9.65. The highest BCUT2D eigenvalue weighted by atomic mass is 31.2. The Bertz CT molecular complexity index is 1010. The zero-order valence-corrected chi connectivity index (χ0v) is 24.7. The van der Waals surface area contributed by atoms with Crippen molar-refractivity contribution in [3.63, 3.8) is 0 Å². The molecule has 0 atom stereocenters. The average molecular weight is 529 g/mol. The normalized spacial score (nSPS) is 12.3. The van der Waals surface area contributed by atoms with E-state index in [9.17, 15) is 0 Å². The van der Waals surface area contributed by atoms with E-state index in [1.165, 1.54) is 10.6 Å². The van der Waals surface area contributed by atoms with Gasteiger partial charge in [-0.1, -0.05) is 81.4 Å². The maximum absolute atomic E-state index is 6.72. The molecule has 0 saturated heterocycles. The molecule has 35 heavy (non-hydrogen) atoms. The summed E-state index contributed by atoms with van der Waals surface area (Å²) in [6.45, 7) is 16.3. The first-order valence-corrected chi connectivity index (χ1v) is 17.5. The van der Waals surface area contributed by atoms with Gasteiger partial charge in [0.1, 0.15) is 11.5 Å². The molecule has 4 nitrogen and oxygen atoms in total. The Morgan fingerprint density at radius 1 is 0.743 bits per heavy atom. The van der Waals surface area contributed by atoms with Crippen molar-refractivity contribution in [2.45, 2.75) is 52.8 Å². The minimum atomic E-state index is -2.02. The number of hydrogen-bond donors (Lipinski definition) is 0. The highest BCUT2D eigenvalue weighted by Crippen LogP contribution is 2.45. The maximum atomic E-state index is 6.72. The Hall–Kier alpha value is -1.74. The van der Waals surface area contributed by atoms with Gasteiger partial charge in [0, 0.05) is 5.30 Å². The third-order valence-electron chi connectivity index (χ3n) is 6.02. The van der Waals surface area contributed by atoms with Crippen molar-refractivity contribution in [1.82, 2.24) is 0 Å². The second-order valence-corrected chi connectivity index (χ2v) is 17.7. The topological polar surface area (TPSA) is 36.9 Å². The number of benzene rings is 3. The van der Waals surface area contributed by atoms with Crippen molar-refractivity contribution >= 4 is 40.8 Å². The molecule has 7 heteroatoms. The van der Waals surface area contributed by atoms with Crippen molar-refractivity contribution in [2.24, 2.45) is 0 Å². The Balaban J connectivity index is 2.16. The largest absolute Gasteiger partial charge is 0.543 e. The van der Waals surface area contributed by atoms with E-state index in [4.69, 9.17) is 18.0 Å². The molecular weight excluding hydrogens is 490 g/mol. The molecule has 3 aromatic rings. The highest BCUT2D eigenvalue weighted by molar-refractivity contribution is 7.80. The van der Waals surface area contributed by atoms with E-state index in [0.717, 1.165) is 16.8 Å². The van der Waals surface area contributed by atoms with E-state index < -0.39 is 24.8 Å². The molecular formula is C28H38O4P2Si. The Morgan fingerprint density at radius 3 is 1.71 bits per heavy atom. The predicted octanol–water partition coefficient (Wildman–Crippen LogP) is 7.51. The van der Waals surface area contributed by atoms with Crippen LogP contribution in [0, 0.1) is 0 Å². The van der Waals surface area contributed by atoms with Gasteiger partial charge in [0.05, 0.1) is 13.2 Å². The average Bonchev–Trinajstić information content (AvgIpc) is 2.81. The number of hydrogen-bond acceptors (Lipinski definition) is 4. The molecule has 0 unspecified atom stereocenters. The SMILES string of the molecule is CCOP(OCC)Oc1ccc(O[Si](C)(C)C(C)(C)C)cc1P(c1ccccc1)c1ccccc1. The van der Waals surface area contributed by atoms with Crippen LogP contribution in [-0.4, -0.2) is 21.5 Å². The van der Waals surface area contributed by atoms with Crippen LogP contribution in [0.2, 0.25) is 18.1 Å². The lowest BCUT2D eigenvalue weighted by molar-refractivity contribution is 0.221. The smallest absolute Gasteiger partial charge is 0.397 e. The molecule has 0 heterocycles. The predicted molar refractivity (Wildman–Crippen MR) is 154 cm³/mol. The Kier molecular flexibility index (Phi) is 9.92. The van der Waals surface area contributed by atoms with Crippen molar-refractivity contribution in [3.8, 4) is 11.5 Å². The van der Waals surface area contributed by atoms with Gasteiger partial charge in [-0.3, -0.25) is 0 Å². The van der Waals surface area contributed by atoms with Crippen LogP contribution >= 0.6 is 16.5 Å². The molecule has 3 aromatic carbocycles. The van der Waals surface area contributed by atoms with Gasteiger partial charge in [-0.25, -0.2) is 0 Å². The molecule has 0 aromatic heterocycles. The van der Waals surface area contributed by atoms with Crippen LogP contribution in [0.3, 0.4) is 0 Å². The molecule has 0 saturated carbocycles. The van der Waals surface area contributed by atoms with Gasteiger partial charge >= 0.3 is 8.60 Å². The number of rotatable bonds is 11. The molecule has 3 rings (SSSR count). The van der Waals surface area contributed by atoms with Gasteiger partial charge in [-0.05, 0) is 68.7 Å². The lowest BCUT2D eigenvalue weighted by Gasteiger charge is -2.36. The van der Waals surface area contributed by atoms with E-state index in [0.29, 0.717) is 13.2 Å². The van der Waals surface area contributed by atoms with Gasteiger partial charge in [-0.15, -0.1) is 0 Å². The van der Waals surface area contributed by atoms with Gasteiger partial charge in [-0.2, -0.15) is 0 Å². The lowest BCUT2D eigenvalue weighted by atomic mass is 10.2. The summed E-state index contributed by atoms with van der Waals surface area (Å²) >= 11 is 0. The molecule has 188 valence electrons. The van der Waals surface area contributed by atoms with Gasteiger partial charge < -0.3 is 18.0 Å². The summed E-state index contributed by atoms with van der Waals surface area (Å²) in [6, 6.07) is 27.5. The van der Waals surface area contributed by atoms with Crippen LogP contribution in [0.15, 0.2) is 78.9 Å². The molecule has 0 amide bonds. The summed E-state index contributed by atoms with van der Waals surface area (Å²) in [7, 11) is -4.40. The van der Waals surface area contributed by atoms with Crippen molar-refractivity contribution in [2.75, 3.05) is 13.2 Å². The van der Waals surface area contributed by atoms with Crippen LogP contribution < -0.4 is 24.9 Å². The van der Waals surface area contributed by atoms with E-state index >= 15 is 0 Å². The Labute approximate surface area is 214 Å². The zero-order valence-electron chi connectivity index (χ0n) is 21.9. The van der Waals surface area contributed by atoms with E-state index in [2.05, 4.69) is 101 Å². The van der Waals surface area contributed by atoms with Crippen molar-refractivity contribution in [1.29, 1.82) is 0 Å². The molecule has 0 spiro atoms. The molecule has 0 aliphatic rings. The molecule has 0 aliphatic carbocycles. The standard InChI is InChI=1S/C28H38O4P2Si/c1-8-29-34(30-9-2)31-26-21-20-23(32-35(6,7)28(3,4)5)22-27(26)33(24-16-12-10-13-17-24)25-18-14-11-15-19-25/h10-22H,8-9H2,1-7H3. The summed E-state index contributed by atoms with van der Waals surface area (Å²) in [5.74, 6) is 1.66. The van der Waals surface area contributed by atoms with Crippen molar-refractivity contribution in [3.05, 3.63) is 78.9 Å². The van der Waals surface area contributed by atoms with E-state index in [-0.39, 0.29) is 5.04 Å². The quantitative estimate of drug-likeness (QED) is 0.191. The molecule has 0 fully saturated rings. The van der Waals surface area contributed by atoms with E-state index in [1.54, 1.807) is 0 Å². The van der Waals surface area contributed by atoms with Crippen LogP contribution in [0.1, 0.15) is 34.6 Å². The minimum Gasteiger partial charge on any atom is -0.543 e. The van der Waals surface area contributed by atoms with Gasteiger partial charge in [0.25, 0.3) is 0 Å². The van der Waals surface area contributed by atoms with Crippen LogP contribution in [0.5, 0.6) is 11.5 Å². The lowest BCUT2D eigenvalue weighted by Crippen LogP contribution is -2.44. The molecule has 0 bridgehead atoms. The Morgan fingerprint density at radius 2 is 1.26 bits per heavy atom. The third-order valence-corrected chi connectivity index (χ3v) is 14.1. The summed E-state index contributed by atoms with van der Waals surface area (Å²) < 4.78 is 24.7. The van der Waals surface area contributed by atoms with Crippen LogP contribution in [0.4, 0.5) is 0 Å². The van der Waals surface area contributed by atoms with Gasteiger partial charge in [0.2, 0.25) is 8.32 Å². The first-order valence-electron chi connectivity index (χ1n) is 12.1. The fourth-order valence-corrected chi connectivity index (χ4v) is 7.63. The monoisotopic (exact) mass is 528 g/mol. The second kappa shape index (κ2) is 12.5. The molecule has 0 aliphatic heterocycles. The summed E-state index contributed by atoms with van der Waals surface area (Å²) in [6.07, 6.45) is 0. The summed E-state index contributed by atoms with van der Waals surface area (Å²) in [5.41, 5.74) is 0. The minimum absolute atomic E-state index is 0.101. The summed E-state index contributed by atoms with van der Waals surface area (Å²) in [5, 5.41) is 3.70. The van der Waals surface area contributed by atoms with Crippen LogP contribution in [0.25, 0.3) is 0 Å². The zero-order chi connectivity index (χ0) is 25.5.